The van der Waals surface area contributed by atoms with Crippen molar-refractivity contribution in [2.75, 3.05) is 19.5 Å². The summed E-state index contributed by atoms with van der Waals surface area (Å²) in [6.45, 7) is 8.69. The van der Waals surface area contributed by atoms with Gasteiger partial charge in [-0.3, -0.25) is 13.9 Å². The van der Waals surface area contributed by atoms with Gasteiger partial charge in [-0.25, -0.2) is 9.55 Å². The number of nitrogens with two attached hydrogens (primary N) is 1. The second kappa shape index (κ2) is 12.5. The number of nitrogens with zero attached hydrogens (tertiary/aromatic N) is 5. The molecule has 244 valence electrons. The maximum atomic E-state index is 14.6. The van der Waals surface area contributed by atoms with Crippen molar-refractivity contribution in [3.63, 3.8) is 0 Å². The van der Waals surface area contributed by atoms with Gasteiger partial charge in [-0.15, -0.1) is 0 Å². The van der Waals surface area contributed by atoms with Crippen molar-refractivity contribution in [3.8, 4) is 17.7 Å². The fraction of sp³-hybridized carbons (Fsp3) is 0.433. The zero-order chi connectivity index (χ0) is 33.4. The van der Waals surface area contributed by atoms with Crippen LogP contribution in [-0.2, 0) is 23.4 Å². The fourth-order valence-corrected chi connectivity index (χ4v) is 6.47. The van der Waals surface area contributed by atoms with Gasteiger partial charge in [0.25, 0.3) is 0 Å². The molecule has 3 heterocycles. The first kappa shape index (κ1) is 33.1. The lowest BCUT2D eigenvalue weighted by atomic mass is 9.85. The lowest BCUT2D eigenvalue weighted by molar-refractivity contribution is -0.148. The van der Waals surface area contributed by atoms with E-state index in [0.29, 0.717) is 5.39 Å². The third-order valence-corrected chi connectivity index (χ3v) is 8.93. The zero-order valence-corrected chi connectivity index (χ0v) is 27.1. The molecule has 6 atom stereocenters. The van der Waals surface area contributed by atoms with Crippen molar-refractivity contribution in [2.45, 2.75) is 59.3 Å². The number of rotatable bonds is 10. The topological polar surface area (TPSA) is 206 Å². The number of carbonyl (C=O) groups excluding carboxylic acids is 1. The van der Waals surface area contributed by atoms with Crippen molar-refractivity contribution in [2.24, 2.45) is 10.8 Å². The maximum Gasteiger partial charge on any atom is 0.461 e. The largest absolute Gasteiger partial charge is 0.479 e. The van der Waals surface area contributed by atoms with Gasteiger partial charge >= 0.3 is 13.7 Å². The van der Waals surface area contributed by atoms with E-state index in [4.69, 9.17) is 29.0 Å². The summed E-state index contributed by atoms with van der Waals surface area (Å²) in [5.74, 6) is -0.559. The normalized spacial score (nSPS) is 23.5. The summed E-state index contributed by atoms with van der Waals surface area (Å²) in [6.07, 6.45) is -3.30. The van der Waals surface area contributed by atoms with Crippen LogP contribution in [0.1, 0.15) is 40.8 Å². The number of anilines is 1. The van der Waals surface area contributed by atoms with Gasteiger partial charge in [0.15, 0.2) is 23.7 Å². The number of aliphatic hydroxyl groups excluding tert-OH is 1. The quantitative estimate of drug-likeness (QED) is 0.163. The van der Waals surface area contributed by atoms with E-state index < -0.39 is 43.8 Å². The molecule has 0 spiro atoms. The average molecular weight is 654 g/mol. The van der Waals surface area contributed by atoms with Crippen LogP contribution < -0.4 is 20.1 Å². The van der Waals surface area contributed by atoms with Crippen molar-refractivity contribution >= 4 is 41.6 Å². The van der Waals surface area contributed by atoms with Gasteiger partial charge in [-0.2, -0.15) is 20.3 Å². The molecular weight excluding hydrogens is 617 g/mol. The maximum absolute atomic E-state index is 14.6. The molecule has 15 nitrogen and oxygen atoms in total. The second-order valence-corrected chi connectivity index (χ2v) is 13.9. The Bertz CT molecular complexity index is 1850. The Morgan fingerprint density at radius 2 is 1.98 bits per heavy atom. The molecule has 2 unspecified atom stereocenters. The molecule has 1 aliphatic rings. The van der Waals surface area contributed by atoms with Gasteiger partial charge in [0, 0.05) is 5.39 Å². The minimum absolute atomic E-state index is 0.0933. The van der Waals surface area contributed by atoms with Crippen molar-refractivity contribution in [3.05, 3.63) is 48.8 Å². The lowest BCUT2D eigenvalue weighted by Crippen LogP contribution is -2.40. The molecular formula is C30H36N7O8P. The van der Waals surface area contributed by atoms with Crippen molar-refractivity contribution < 1.29 is 37.7 Å². The SMILES string of the molecule is COc1nc(N)nc2c1ncn2[C@@H]1OC(OP(=O)(N[C@@H](C)C(=O)OCC(C)(C)C)Oc2cccc3ccccc23)[C@@H](O)[C@@]1(C)C#N. The van der Waals surface area contributed by atoms with Gasteiger partial charge in [-0.05, 0) is 30.7 Å². The van der Waals surface area contributed by atoms with Gasteiger partial charge in [0.2, 0.25) is 11.8 Å². The number of nitrogen functional groups attached to an aromatic ring is 1. The van der Waals surface area contributed by atoms with E-state index in [9.17, 15) is 19.7 Å². The number of nitriles is 1. The third-order valence-electron chi connectivity index (χ3n) is 7.31. The predicted octanol–water partition coefficient (Wildman–Crippen LogP) is 4.09. The van der Waals surface area contributed by atoms with Crippen LogP contribution in [0.15, 0.2) is 48.8 Å². The predicted molar refractivity (Wildman–Crippen MR) is 166 cm³/mol. The van der Waals surface area contributed by atoms with E-state index >= 15 is 0 Å². The number of imidazole rings is 1. The van der Waals surface area contributed by atoms with Crippen LogP contribution in [0, 0.1) is 22.2 Å². The molecule has 0 saturated carbocycles. The molecule has 5 rings (SSSR count). The molecule has 0 aliphatic carbocycles. The minimum Gasteiger partial charge on any atom is -0.479 e. The van der Waals surface area contributed by atoms with E-state index in [0.717, 1.165) is 5.39 Å². The number of benzene rings is 2. The number of hydrogen-bond acceptors (Lipinski definition) is 13. The van der Waals surface area contributed by atoms with Crippen LogP contribution in [-0.4, -0.2) is 62.7 Å². The highest BCUT2D eigenvalue weighted by Crippen LogP contribution is 2.54. The summed E-state index contributed by atoms with van der Waals surface area (Å²) in [7, 11) is -3.19. The molecule has 4 aromatic rings. The Kier molecular flexibility index (Phi) is 8.96. The van der Waals surface area contributed by atoms with E-state index in [-0.39, 0.29) is 40.8 Å². The summed E-state index contributed by atoms with van der Waals surface area (Å²) in [6, 6.07) is 13.3. The van der Waals surface area contributed by atoms with Crippen molar-refractivity contribution in [1.29, 1.82) is 5.26 Å². The Balaban J connectivity index is 1.50. The van der Waals surface area contributed by atoms with Crippen LogP contribution in [0.5, 0.6) is 11.6 Å². The molecule has 1 fully saturated rings. The number of esters is 1. The Labute approximate surface area is 265 Å². The van der Waals surface area contributed by atoms with Gasteiger partial charge < -0.3 is 29.6 Å². The van der Waals surface area contributed by atoms with E-state index in [2.05, 4.69) is 26.1 Å². The number of methoxy groups -OCH3 is 1. The monoisotopic (exact) mass is 653 g/mol. The van der Waals surface area contributed by atoms with Gasteiger partial charge in [0.1, 0.15) is 23.3 Å². The highest BCUT2D eigenvalue weighted by atomic mass is 31.2. The number of aliphatic hydroxyl groups is 1. The molecule has 0 radical (unpaired) electrons. The average Bonchev–Trinajstić information content (AvgIpc) is 3.53. The first-order valence-corrected chi connectivity index (χ1v) is 15.9. The minimum atomic E-state index is -4.58. The molecule has 0 amide bonds. The highest BCUT2D eigenvalue weighted by Gasteiger charge is 2.58. The number of ether oxygens (including phenoxy) is 3. The lowest BCUT2D eigenvalue weighted by Gasteiger charge is -2.27. The molecule has 2 aromatic carbocycles. The number of hydrogen-bond donors (Lipinski definition) is 3. The number of fused-ring (bicyclic) bond motifs is 2. The fourth-order valence-electron chi connectivity index (χ4n) is 4.87. The first-order chi connectivity index (χ1) is 21.7. The highest BCUT2D eigenvalue weighted by molar-refractivity contribution is 7.52. The Hall–Kier alpha value is -4.32. The molecule has 1 aliphatic heterocycles. The summed E-state index contributed by atoms with van der Waals surface area (Å²) in [5.41, 5.74) is 4.26. The molecule has 2 aromatic heterocycles. The summed E-state index contributed by atoms with van der Waals surface area (Å²) < 4.78 is 44.6. The second-order valence-electron chi connectivity index (χ2n) is 12.3. The molecule has 0 bridgehead atoms. The van der Waals surface area contributed by atoms with Crippen LogP contribution in [0.4, 0.5) is 5.95 Å². The summed E-state index contributed by atoms with van der Waals surface area (Å²) >= 11 is 0. The smallest absolute Gasteiger partial charge is 0.461 e. The molecule has 4 N–H and O–H groups in total. The van der Waals surface area contributed by atoms with Crippen LogP contribution in [0.2, 0.25) is 0 Å². The standard InChI is InChI=1S/C30H36N7O8P/c1-17(25(39)42-15-29(2,3)4)36-46(40,44-20-13-9-11-18-10-7-8-12-19(18)20)45-26-22(38)30(5,14-31)27(43-26)37-16-33-21-23(37)34-28(32)35-24(21)41-6/h7-13,16-17,22,26-27,38H,15H2,1-6H3,(H,36,40)(H2,32,34,35)/t17-,22+,26?,27+,30+,46?/m0/s1. The third kappa shape index (κ3) is 6.48. The Morgan fingerprint density at radius 1 is 1.26 bits per heavy atom. The number of aromatic nitrogens is 4. The van der Waals surface area contributed by atoms with E-state index in [1.807, 2.05) is 39.0 Å². The van der Waals surface area contributed by atoms with Gasteiger partial charge in [-0.1, -0.05) is 57.2 Å². The van der Waals surface area contributed by atoms with Crippen LogP contribution in [0.25, 0.3) is 21.9 Å². The van der Waals surface area contributed by atoms with Crippen LogP contribution >= 0.6 is 7.75 Å². The Morgan fingerprint density at radius 3 is 2.67 bits per heavy atom. The molecule has 1 saturated heterocycles. The van der Waals surface area contributed by atoms with E-state index in [1.54, 1.807) is 24.3 Å². The molecule has 16 heteroatoms. The number of carbonyl (C=O) groups is 1. The first-order valence-electron chi connectivity index (χ1n) is 14.4. The summed E-state index contributed by atoms with van der Waals surface area (Å²) in [5, 5.41) is 25.7. The van der Waals surface area contributed by atoms with Crippen LogP contribution in [0.3, 0.4) is 0 Å². The zero-order valence-electron chi connectivity index (χ0n) is 26.2. The molecule has 46 heavy (non-hydrogen) atoms. The van der Waals surface area contributed by atoms with Crippen molar-refractivity contribution in [1.82, 2.24) is 24.6 Å². The van der Waals surface area contributed by atoms with Gasteiger partial charge in [0.05, 0.1) is 26.1 Å². The summed E-state index contributed by atoms with van der Waals surface area (Å²) in [4.78, 5) is 25.4. The number of nitrogens with one attached hydrogen (secondary N) is 1. The van der Waals surface area contributed by atoms with E-state index in [1.165, 1.54) is 31.9 Å².